The van der Waals surface area contributed by atoms with Gasteiger partial charge in [-0.25, -0.2) is 4.68 Å². The molecule has 9 heteroatoms. The van der Waals surface area contributed by atoms with Crippen molar-refractivity contribution in [1.29, 1.82) is 0 Å². The summed E-state index contributed by atoms with van der Waals surface area (Å²) in [6, 6.07) is 15.0. The zero-order valence-corrected chi connectivity index (χ0v) is 15.3. The Labute approximate surface area is 164 Å². The Morgan fingerprint density at radius 1 is 1.03 bits per heavy atom. The standard InChI is InChI=1S/C20H17F3N4O2/c1-13-17(11-25-27(13)16-8-3-2-4-9-16)19(29)26-15-7-5-6-14(10-15)18(28)24-12-20(21,22)23/h2-11H,12H2,1H3,(H,24,28)(H,26,29). The molecule has 0 bridgehead atoms. The Morgan fingerprint density at radius 2 is 1.76 bits per heavy atom. The maximum absolute atomic E-state index is 12.6. The largest absolute Gasteiger partial charge is 0.405 e. The maximum Gasteiger partial charge on any atom is 0.405 e. The van der Waals surface area contributed by atoms with Gasteiger partial charge in [-0.15, -0.1) is 0 Å². The Balaban J connectivity index is 1.73. The number of anilines is 1. The first-order valence-electron chi connectivity index (χ1n) is 8.61. The van der Waals surface area contributed by atoms with E-state index in [2.05, 4.69) is 10.4 Å². The van der Waals surface area contributed by atoms with Crippen LogP contribution in [-0.4, -0.2) is 34.3 Å². The molecule has 0 fully saturated rings. The van der Waals surface area contributed by atoms with Crippen molar-refractivity contribution in [1.82, 2.24) is 15.1 Å². The van der Waals surface area contributed by atoms with Gasteiger partial charge in [0, 0.05) is 11.3 Å². The fourth-order valence-electron chi connectivity index (χ4n) is 2.68. The number of benzene rings is 2. The minimum Gasteiger partial charge on any atom is -0.343 e. The number of nitrogens with one attached hydrogen (secondary N) is 2. The van der Waals surface area contributed by atoms with Crippen LogP contribution < -0.4 is 10.6 Å². The topological polar surface area (TPSA) is 76.0 Å². The second kappa shape index (κ2) is 8.17. The van der Waals surface area contributed by atoms with Gasteiger partial charge in [0.15, 0.2) is 0 Å². The number of amides is 2. The fraction of sp³-hybridized carbons (Fsp3) is 0.150. The van der Waals surface area contributed by atoms with Crippen LogP contribution in [-0.2, 0) is 0 Å². The van der Waals surface area contributed by atoms with Crippen LogP contribution in [0.4, 0.5) is 18.9 Å². The smallest absolute Gasteiger partial charge is 0.343 e. The van der Waals surface area contributed by atoms with Crippen molar-refractivity contribution in [3.63, 3.8) is 0 Å². The van der Waals surface area contributed by atoms with Gasteiger partial charge in [-0.1, -0.05) is 24.3 Å². The average molecular weight is 402 g/mol. The molecular weight excluding hydrogens is 385 g/mol. The van der Waals surface area contributed by atoms with Crippen molar-refractivity contribution < 1.29 is 22.8 Å². The lowest BCUT2D eigenvalue weighted by atomic mass is 10.1. The number of carbonyl (C=O) groups is 2. The number of carbonyl (C=O) groups excluding carboxylic acids is 2. The van der Waals surface area contributed by atoms with Crippen molar-refractivity contribution in [3.05, 3.63) is 77.6 Å². The number of alkyl halides is 3. The lowest BCUT2D eigenvalue weighted by Crippen LogP contribution is -2.33. The highest BCUT2D eigenvalue weighted by molar-refractivity contribution is 6.05. The van der Waals surface area contributed by atoms with Crippen LogP contribution in [0.5, 0.6) is 0 Å². The van der Waals surface area contributed by atoms with Gasteiger partial charge in [-0.05, 0) is 37.3 Å². The molecule has 1 heterocycles. The lowest BCUT2D eigenvalue weighted by molar-refractivity contribution is -0.123. The predicted octanol–water partition coefficient (Wildman–Crippen LogP) is 3.73. The molecule has 3 aromatic rings. The number of hydrogen-bond donors (Lipinski definition) is 2. The van der Waals surface area contributed by atoms with E-state index in [1.807, 2.05) is 30.3 Å². The quantitative estimate of drug-likeness (QED) is 0.683. The van der Waals surface area contributed by atoms with Gasteiger partial charge >= 0.3 is 6.18 Å². The molecule has 0 radical (unpaired) electrons. The van der Waals surface area contributed by atoms with Crippen LogP contribution in [0.3, 0.4) is 0 Å². The highest BCUT2D eigenvalue weighted by atomic mass is 19.4. The molecule has 150 valence electrons. The van der Waals surface area contributed by atoms with Gasteiger partial charge in [0.2, 0.25) is 0 Å². The van der Waals surface area contributed by atoms with E-state index in [0.29, 0.717) is 11.3 Å². The molecule has 0 spiro atoms. The molecule has 1 aromatic heterocycles. The van der Waals surface area contributed by atoms with Crippen molar-refractivity contribution in [3.8, 4) is 5.69 Å². The second-order valence-electron chi connectivity index (χ2n) is 6.22. The van der Waals surface area contributed by atoms with E-state index in [1.54, 1.807) is 16.9 Å². The van der Waals surface area contributed by atoms with Gasteiger partial charge < -0.3 is 10.6 Å². The lowest BCUT2D eigenvalue weighted by Gasteiger charge is -2.10. The molecule has 0 aliphatic rings. The number of hydrogen-bond acceptors (Lipinski definition) is 3. The van der Waals surface area contributed by atoms with Crippen molar-refractivity contribution >= 4 is 17.5 Å². The van der Waals surface area contributed by atoms with E-state index < -0.39 is 24.5 Å². The minimum absolute atomic E-state index is 0.00347. The molecule has 2 amide bonds. The van der Waals surface area contributed by atoms with Crippen LogP contribution in [0.1, 0.15) is 26.4 Å². The third-order valence-corrected chi connectivity index (χ3v) is 4.09. The summed E-state index contributed by atoms with van der Waals surface area (Å²) in [5, 5.41) is 8.66. The Bertz CT molecular complexity index is 1030. The number of halogens is 3. The normalized spacial score (nSPS) is 11.2. The highest BCUT2D eigenvalue weighted by Crippen LogP contribution is 2.17. The highest BCUT2D eigenvalue weighted by Gasteiger charge is 2.28. The van der Waals surface area contributed by atoms with Gasteiger partial charge in [-0.3, -0.25) is 9.59 Å². The van der Waals surface area contributed by atoms with Crippen molar-refractivity contribution in [2.24, 2.45) is 0 Å². The molecule has 2 aromatic carbocycles. The summed E-state index contributed by atoms with van der Waals surface area (Å²) < 4.78 is 38.4. The predicted molar refractivity (Wildman–Crippen MR) is 101 cm³/mol. The summed E-state index contributed by atoms with van der Waals surface area (Å²) in [7, 11) is 0. The van der Waals surface area contributed by atoms with Crippen molar-refractivity contribution in [2.45, 2.75) is 13.1 Å². The monoisotopic (exact) mass is 402 g/mol. The van der Waals surface area contributed by atoms with E-state index in [0.717, 1.165) is 5.69 Å². The third-order valence-electron chi connectivity index (χ3n) is 4.09. The minimum atomic E-state index is -4.50. The first-order chi connectivity index (χ1) is 13.7. The van der Waals surface area contributed by atoms with E-state index in [9.17, 15) is 22.8 Å². The van der Waals surface area contributed by atoms with E-state index >= 15 is 0 Å². The third kappa shape index (κ3) is 5.01. The van der Waals surface area contributed by atoms with E-state index in [-0.39, 0.29) is 11.3 Å². The number of nitrogens with zero attached hydrogens (tertiary/aromatic N) is 2. The molecule has 0 aliphatic heterocycles. The second-order valence-corrected chi connectivity index (χ2v) is 6.22. The van der Waals surface area contributed by atoms with E-state index in [1.165, 1.54) is 30.5 Å². The molecule has 0 saturated carbocycles. The molecule has 2 N–H and O–H groups in total. The summed E-state index contributed by atoms with van der Waals surface area (Å²) in [6.07, 6.45) is -3.07. The molecule has 0 unspecified atom stereocenters. The summed E-state index contributed by atoms with van der Waals surface area (Å²) in [5.74, 6) is -1.33. The summed E-state index contributed by atoms with van der Waals surface area (Å²) in [4.78, 5) is 24.5. The van der Waals surface area contributed by atoms with Crippen LogP contribution in [0.2, 0.25) is 0 Å². The average Bonchev–Trinajstić information content (AvgIpc) is 3.08. The number of para-hydroxylation sites is 1. The van der Waals surface area contributed by atoms with E-state index in [4.69, 9.17) is 0 Å². The van der Waals surface area contributed by atoms with Gasteiger partial charge in [0.05, 0.1) is 23.1 Å². The Morgan fingerprint density at radius 3 is 2.45 bits per heavy atom. The van der Waals surface area contributed by atoms with Gasteiger partial charge in [-0.2, -0.15) is 18.3 Å². The van der Waals surface area contributed by atoms with Crippen LogP contribution in [0, 0.1) is 6.92 Å². The van der Waals surface area contributed by atoms with Crippen LogP contribution >= 0.6 is 0 Å². The zero-order valence-electron chi connectivity index (χ0n) is 15.3. The number of aromatic nitrogens is 2. The Kier molecular flexibility index (Phi) is 5.67. The summed E-state index contributed by atoms with van der Waals surface area (Å²) >= 11 is 0. The van der Waals surface area contributed by atoms with Crippen molar-refractivity contribution in [2.75, 3.05) is 11.9 Å². The van der Waals surface area contributed by atoms with Gasteiger partial charge in [0.25, 0.3) is 11.8 Å². The molecule has 6 nitrogen and oxygen atoms in total. The first kappa shape index (κ1) is 20.1. The molecule has 0 atom stereocenters. The molecule has 3 rings (SSSR count). The summed E-state index contributed by atoms with van der Waals surface area (Å²) in [6.45, 7) is 0.316. The Hall–Kier alpha value is -3.62. The van der Waals surface area contributed by atoms with Gasteiger partial charge in [0.1, 0.15) is 6.54 Å². The molecule has 29 heavy (non-hydrogen) atoms. The van der Waals surface area contributed by atoms with Crippen LogP contribution in [0.15, 0.2) is 60.8 Å². The van der Waals surface area contributed by atoms with Crippen LogP contribution in [0.25, 0.3) is 5.69 Å². The SMILES string of the molecule is Cc1c(C(=O)Nc2cccc(C(=O)NCC(F)(F)F)c2)cnn1-c1ccccc1. The number of rotatable bonds is 5. The first-order valence-corrected chi connectivity index (χ1v) is 8.61. The molecule has 0 aliphatic carbocycles. The molecule has 0 saturated heterocycles. The maximum atomic E-state index is 12.6. The zero-order chi connectivity index (χ0) is 21.0. The molecular formula is C20H17F3N4O2. The fourth-order valence-corrected chi connectivity index (χ4v) is 2.68. The summed E-state index contributed by atoms with van der Waals surface area (Å²) in [5.41, 5.74) is 2.03.